The normalized spacial score (nSPS) is 11.2. The van der Waals surface area contributed by atoms with Gasteiger partial charge in [-0.25, -0.2) is 0 Å². The van der Waals surface area contributed by atoms with Crippen LogP contribution < -0.4 is 16.0 Å². The van der Waals surface area contributed by atoms with Gasteiger partial charge in [0.2, 0.25) is 0 Å². The fraction of sp³-hybridized carbons (Fsp3) is 0.222. The summed E-state index contributed by atoms with van der Waals surface area (Å²) in [5.74, 6) is 0. The molecule has 1 aromatic heterocycles. The monoisotopic (exact) mass is 382 g/mol. The van der Waals surface area contributed by atoms with E-state index < -0.39 is 21.7 Å². The summed E-state index contributed by atoms with van der Waals surface area (Å²) in [6.07, 6.45) is 0. The highest BCUT2D eigenvalue weighted by atomic mass is 16.6. The number of benzene rings is 2. The summed E-state index contributed by atoms with van der Waals surface area (Å²) in [4.78, 5) is 36.8. The van der Waals surface area contributed by atoms with E-state index in [4.69, 9.17) is 0 Å². The quantitative estimate of drug-likeness (QED) is 0.382. The minimum absolute atomic E-state index is 0.0852. The van der Waals surface area contributed by atoms with Crippen molar-refractivity contribution in [1.29, 1.82) is 0 Å². The minimum Gasteiger partial charge on any atom is -0.372 e. The number of anilines is 1. The Kier molecular flexibility index (Phi) is 5.30. The van der Waals surface area contributed by atoms with Crippen molar-refractivity contribution < 1.29 is 4.92 Å². The molecule has 0 atom stereocenters. The Balaban J connectivity index is 2.04. The second-order valence-corrected chi connectivity index (χ2v) is 5.91. The summed E-state index contributed by atoms with van der Waals surface area (Å²) in [5, 5.41) is 23.3. The summed E-state index contributed by atoms with van der Waals surface area (Å²) in [7, 11) is 0. The van der Waals surface area contributed by atoms with Crippen LogP contribution in [0, 0.1) is 10.1 Å². The van der Waals surface area contributed by atoms with E-state index in [2.05, 4.69) is 39.2 Å². The Morgan fingerprint density at radius 3 is 2.21 bits per heavy atom. The van der Waals surface area contributed by atoms with Crippen LogP contribution >= 0.6 is 0 Å². The molecule has 0 saturated carbocycles. The lowest BCUT2D eigenvalue weighted by atomic mass is 10.1. The first-order valence-electron chi connectivity index (χ1n) is 8.65. The smallest absolute Gasteiger partial charge is 0.310 e. The van der Waals surface area contributed by atoms with E-state index in [1.54, 1.807) is 12.1 Å². The molecule has 0 radical (unpaired) electrons. The van der Waals surface area contributed by atoms with E-state index in [9.17, 15) is 19.7 Å². The summed E-state index contributed by atoms with van der Waals surface area (Å²) < 4.78 is 0. The van der Waals surface area contributed by atoms with Gasteiger partial charge in [-0.1, -0.05) is 0 Å². The van der Waals surface area contributed by atoms with Gasteiger partial charge in [0.05, 0.1) is 16.0 Å². The Morgan fingerprint density at radius 1 is 0.964 bits per heavy atom. The Labute approximate surface area is 158 Å². The average Bonchev–Trinajstić information content (AvgIpc) is 2.70. The average molecular weight is 382 g/mol. The molecule has 0 aliphatic carbocycles. The molecule has 144 valence electrons. The highest BCUT2D eigenvalue weighted by Crippen LogP contribution is 2.33. The highest BCUT2D eigenvalue weighted by molar-refractivity contribution is 5.94. The van der Waals surface area contributed by atoms with Gasteiger partial charge in [0, 0.05) is 18.8 Å². The van der Waals surface area contributed by atoms with Gasteiger partial charge in [-0.15, -0.1) is 5.11 Å². The number of hydrogen-bond donors (Lipinski definition) is 2. The molecule has 3 rings (SSSR count). The van der Waals surface area contributed by atoms with Gasteiger partial charge < -0.3 is 4.90 Å². The second kappa shape index (κ2) is 7.82. The number of H-pyrrole nitrogens is 2. The first-order valence-corrected chi connectivity index (χ1v) is 8.65. The Morgan fingerprint density at radius 2 is 1.61 bits per heavy atom. The number of aromatic nitrogens is 2. The molecular weight excluding hydrogens is 364 g/mol. The molecule has 10 heteroatoms. The molecule has 0 fully saturated rings. The van der Waals surface area contributed by atoms with E-state index >= 15 is 0 Å². The summed E-state index contributed by atoms with van der Waals surface area (Å²) in [6.45, 7) is 5.86. The lowest BCUT2D eigenvalue weighted by Crippen LogP contribution is -2.21. The van der Waals surface area contributed by atoms with Crippen molar-refractivity contribution in [3.8, 4) is 0 Å². The van der Waals surface area contributed by atoms with E-state index in [1.807, 2.05) is 12.1 Å². The molecule has 2 N–H and O–H groups in total. The molecule has 0 amide bonds. The third kappa shape index (κ3) is 3.52. The number of azo groups is 1. The van der Waals surface area contributed by atoms with Gasteiger partial charge in [-0.3, -0.25) is 29.9 Å². The Hall–Kier alpha value is -3.82. The molecule has 0 bridgehead atoms. The van der Waals surface area contributed by atoms with Crippen LogP contribution in [0.4, 0.5) is 22.7 Å². The van der Waals surface area contributed by atoms with Gasteiger partial charge in [-0.05, 0) is 50.2 Å². The van der Waals surface area contributed by atoms with Crippen LogP contribution in [-0.2, 0) is 0 Å². The van der Waals surface area contributed by atoms with E-state index in [-0.39, 0.29) is 16.5 Å². The van der Waals surface area contributed by atoms with Crippen molar-refractivity contribution >= 4 is 33.5 Å². The molecule has 10 nitrogen and oxygen atoms in total. The first-order chi connectivity index (χ1) is 13.5. The first kappa shape index (κ1) is 19.0. The number of nitrogens with zero attached hydrogens (tertiary/aromatic N) is 4. The summed E-state index contributed by atoms with van der Waals surface area (Å²) >= 11 is 0. The molecular formula is C18H18N6O4. The molecule has 3 aromatic rings. The van der Waals surface area contributed by atoms with Crippen molar-refractivity contribution in [3.63, 3.8) is 0 Å². The highest BCUT2D eigenvalue weighted by Gasteiger charge is 2.22. The standard InChI is InChI=1S/C18H18N6O4/c1-3-23(4-2)12-7-5-11(6-8-12)19-20-14-10-9-13-15(16(14)24(27)28)18(26)22-21-17(13)25/h5-10H,3-4H2,1-2H3,(H,21,25)(H,22,26)/b20-19+. The maximum Gasteiger partial charge on any atom is 0.310 e. The maximum atomic E-state index is 12.0. The van der Waals surface area contributed by atoms with Crippen molar-refractivity contribution in [2.75, 3.05) is 18.0 Å². The fourth-order valence-electron chi connectivity index (χ4n) is 2.94. The summed E-state index contributed by atoms with van der Waals surface area (Å²) in [5.41, 5.74) is -0.540. The maximum absolute atomic E-state index is 12.0. The minimum atomic E-state index is -0.776. The number of aromatic amines is 2. The van der Waals surface area contributed by atoms with Gasteiger partial charge in [-0.2, -0.15) is 5.11 Å². The Bertz CT molecular complexity index is 1160. The zero-order valence-electron chi connectivity index (χ0n) is 15.3. The van der Waals surface area contributed by atoms with E-state index in [1.165, 1.54) is 12.1 Å². The van der Waals surface area contributed by atoms with Crippen LogP contribution in [0.2, 0.25) is 0 Å². The van der Waals surface area contributed by atoms with Crippen LogP contribution in [0.5, 0.6) is 0 Å². The fourth-order valence-corrected chi connectivity index (χ4v) is 2.94. The van der Waals surface area contributed by atoms with Gasteiger partial charge in [0.1, 0.15) is 5.39 Å². The van der Waals surface area contributed by atoms with Gasteiger partial charge in [0.15, 0.2) is 5.69 Å². The zero-order chi connectivity index (χ0) is 20.3. The van der Waals surface area contributed by atoms with E-state index in [0.29, 0.717) is 5.69 Å². The van der Waals surface area contributed by atoms with Crippen LogP contribution in [0.1, 0.15) is 13.8 Å². The van der Waals surface area contributed by atoms with Crippen LogP contribution in [0.25, 0.3) is 10.8 Å². The molecule has 0 saturated heterocycles. The third-order valence-corrected chi connectivity index (χ3v) is 4.35. The lowest BCUT2D eigenvalue weighted by molar-refractivity contribution is -0.382. The number of rotatable bonds is 6. The van der Waals surface area contributed by atoms with E-state index in [0.717, 1.165) is 18.8 Å². The third-order valence-electron chi connectivity index (χ3n) is 4.35. The number of nitro groups is 1. The SMILES string of the molecule is CCN(CC)c1ccc(/N=N/c2ccc3c(=O)[nH][nH]c(=O)c3c2[N+](=O)[O-])cc1. The van der Waals surface area contributed by atoms with Gasteiger partial charge in [0.25, 0.3) is 11.1 Å². The van der Waals surface area contributed by atoms with Crippen LogP contribution in [0.3, 0.4) is 0 Å². The molecule has 2 aromatic carbocycles. The number of fused-ring (bicyclic) bond motifs is 1. The molecule has 28 heavy (non-hydrogen) atoms. The van der Waals surface area contributed by atoms with Crippen LogP contribution in [0.15, 0.2) is 56.2 Å². The number of hydrogen-bond acceptors (Lipinski definition) is 7. The molecule has 0 aliphatic heterocycles. The van der Waals surface area contributed by atoms with Crippen molar-refractivity contribution in [1.82, 2.24) is 10.2 Å². The molecule has 0 aliphatic rings. The summed E-state index contributed by atoms with van der Waals surface area (Å²) in [6, 6.07) is 9.89. The second-order valence-electron chi connectivity index (χ2n) is 5.91. The predicted molar refractivity (Wildman–Crippen MR) is 106 cm³/mol. The predicted octanol–water partition coefficient (Wildman–Crippen LogP) is 3.39. The molecule has 1 heterocycles. The molecule has 0 spiro atoms. The number of nitro benzene ring substituents is 1. The zero-order valence-corrected chi connectivity index (χ0v) is 15.3. The lowest BCUT2D eigenvalue weighted by Gasteiger charge is -2.20. The van der Waals surface area contributed by atoms with Gasteiger partial charge >= 0.3 is 5.69 Å². The molecule has 0 unspecified atom stereocenters. The van der Waals surface area contributed by atoms with Crippen LogP contribution in [-0.4, -0.2) is 28.2 Å². The van der Waals surface area contributed by atoms with Crippen molar-refractivity contribution in [2.24, 2.45) is 10.2 Å². The van der Waals surface area contributed by atoms with Crippen molar-refractivity contribution in [3.05, 3.63) is 67.2 Å². The number of nitrogens with one attached hydrogen (secondary N) is 2. The van der Waals surface area contributed by atoms with Crippen molar-refractivity contribution in [2.45, 2.75) is 13.8 Å². The largest absolute Gasteiger partial charge is 0.372 e. The topological polar surface area (TPSA) is 137 Å².